The molecular weight excluding hydrogens is 250 g/mol. The van der Waals surface area contributed by atoms with Gasteiger partial charge in [-0.05, 0) is 49.3 Å². The lowest BCUT2D eigenvalue weighted by atomic mass is 9.91. The SMILES string of the molecule is N#Cc1ccc2ccc(=O)n([C@H]3CC[C@H](N)CC3)c2c1. The summed E-state index contributed by atoms with van der Waals surface area (Å²) in [5.41, 5.74) is 7.39. The van der Waals surface area contributed by atoms with Crippen LogP contribution in [0.4, 0.5) is 0 Å². The van der Waals surface area contributed by atoms with E-state index in [0.29, 0.717) is 5.56 Å². The van der Waals surface area contributed by atoms with Crippen molar-refractivity contribution in [2.75, 3.05) is 0 Å². The van der Waals surface area contributed by atoms with Crippen molar-refractivity contribution in [3.05, 3.63) is 46.2 Å². The standard InChI is InChI=1S/C16H17N3O/c17-10-11-1-2-12-3-8-16(20)19(15(12)9-11)14-6-4-13(18)5-7-14/h1-3,8-9,13-14H,4-7,18H2/t13-,14-. The Morgan fingerprint density at radius 3 is 2.55 bits per heavy atom. The Hall–Kier alpha value is -2.12. The van der Waals surface area contributed by atoms with E-state index < -0.39 is 0 Å². The Kier molecular flexibility index (Phi) is 3.29. The van der Waals surface area contributed by atoms with Crippen LogP contribution in [0.2, 0.25) is 0 Å². The van der Waals surface area contributed by atoms with Crippen molar-refractivity contribution >= 4 is 10.9 Å². The summed E-state index contributed by atoms with van der Waals surface area (Å²) < 4.78 is 1.85. The van der Waals surface area contributed by atoms with Crippen LogP contribution < -0.4 is 11.3 Å². The summed E-state index contributed by atoms with van der Waals surface area (Å²) >= 11 is 0. The zero-order chi connectivity index (χ0) is 14.1. The number of nitrogens with two attached hydrogens (primary N) is 1. The predicted octanol–water partition coefficient (Wildman–Crippen LogP) is 2.32. The van der Waals surface area contributed by atoms with Gasteiger partial charge in [0.05, 0.1) is 17.1 Å². The summed E-state index contributed by atoms with van der Waals surface area (Å²) in [5, 5.41) is 10.0. The normalized spacial score (nSPS) is 22.6. The first kappa shape index (κ1) is 12.9. The Morgan fingerprint density at radius 1 is 1.15 bits per heavy atom. The zero-order valence-electron chi connectivity index (χ0n) is 11.2. The van der Waals surface area contributed by atoms with E-state index in [1.165, 1.54) is 0 Å². The summed E-state index contributed by atoms with van der Waals surface area (Å²) in [7, 11) is 0. The first-order valence-electron chi connectivity index (χ1n) is 7.00. The number of hydrogen-bond acceptors (Lipinski definition) is 3. The third-order valence-corrected chi connectivity index (χ3v) is 4.17. The van der Waals surface area contributed by atoms with E-state index >= 15 is 0 Å². The van der Waals surface area contributed by atoms with Crippen LogP contribution in [0.5, 0.6) is 0 Å². The molecule has 4 nitrogen and oxygen atoms in total. The van der Waals surface area contributed by atoms with Crippen molar-refractivity contribution in [1.82, 2.24) is 4.57 Å². The molecule has 1 saturated carbocycles. The topological polar surface area (TPSA) is 71.8 Å². The van der Waals surface area contributed by atoms with Crippen molar-refractivity contribution in [3.63, 3.8) is 0 Å². The third-order valence-electron chi connectivity index (χ3n) is 4.17. The van der Waals surface area contributed by atoms with Crippen LogP contribution in [-0.2, 0) is 0 Å². The molecule has 1 aliphatic rings. The molecule has 4 heteroatoms. The van der Waals surface area contributed by atoms with Gasteiger partial charge in [0.2, 0.25) is 0 Å². The Morgan fingerprint density at radius 2 is 1.85 bits per heavy atom. The molecule has 1 aromatic heterocycles. The van der Waals surface area contributed by atoms with Gasteiger partial charge < -0.3 is 10.3 Å². The van der Waals surface area contributed by atoms with Crippen LogP contribution in [0.3, 0.4) is 0 Å². The zero-order valence-corrected chi connectivity index (χ0v) is 11.2. The van der Waals surface area contributed by atoms with Crippen LogP contribution in [0.25, 0.3) is 10.9 Å². The van der Waals surface area contributed by atoms with E-state index in [9.17, 15) is 4.79 Å². The van der Waals surface area contributed by atoms with Gasteiger partial charge in [0.25, 0.3) is 5.56 Å². The molecular formula is C16H17N3O. The van der Waals surface area contributed by atoms with Gasteiger partial charge in [-0.2, -0.15) is 5.26 Å². The minimum atomic E-state index is 0.00746. The summed E-state index contributed by atoms with van der Waals surface area (Å²) in [6.07, 6.45) is 3.75. The minimum Gasteiger partial charge on any atom is -0.328 e. The van der Waals surface area contributed by atoms with Crippen molar-refractivity contribution in [2.45, 2.75) is 37.8 Å². The highest BCUT2D eigenvalue weighted by atomic mass is 16.1. The fourth-order valence-corrected chi connectivity index (χ4v) is 3.06. The quantitative estimate of drug-likeness (QED) is 0.861. The molecule has 0 spiro atoms. The van der Waals surface area contributed by atoms with Gasteiger partial charge in [0.1, 0.15) is 0 Å². The molecule has 1 heterocycles. The number of pyridine rings is 1. The number of aromatic nitrogens is 1. The second kappa shape index (κ2) is 5.10. The molecule has 20 heavy (non-hydrogen) atoms. The average Bonchev–Trinajstić information content (AvgIpc) is 2.48. The van der Waals surface area contributed by atoms with Crippen molar-refractivity contribution in [1.29, 1.82) is 5.26 Å². The number of rotatable bonds is 1. The Bertz CT molecular complexity index is 733. The monoisotopic (exact) mass is 267 g/mol. The van der Waals surface area contributed by atoms with E-state index in [2.05, 4.69) is 6.07 Å². The molecule has 2 N–H and O–H groups in total. The van der Waals surface area contributed by atoms with Gasteiger partial charge in [0, 0.05) is 18.2 Å². The van der Waals surface area contributed by atoms with Gasteiger partial charge in [-0.1, -0.05) is 6.07 Å². The molecule has 0 saturated heterocycles. The van der Waals surface area contributed by atoms with Crippen LogP contribution >= 0.6 is 0 Å². The Labute approximate surface area is 117 Å². The smallest absolute Gasteiger partial charge is 0.251 e. The minimum absolute atomic E-state index is 0.00746. The molecule has 2 aromatic rings. The van der Waals surface area contributed by atoms with Crippen LogP contribution in [0, 0.1) is 11.3 Å². The molecule has 0 amide bonds. The lowest BCUT2D eigenvalue weighted by Crippen LogP contribution is -2.32. The molecule has 0 atom stereocenters. The highest BCUT2D eigenvalue weighted by Gasteiger charge is 2.21. The van der Waals surface area contributed by atoms with E-state index in [4.69, 9.17) is 11.0 Å². The van der Waals surface area contributed by atoms with Crippen LogP contribution in [-0.4, -0.2) is 10.6 Å². The first-order valence-corrected chi connectivity index (χ1v) is 7.00. The van der Waals surface area contributed by atoms with E-state index in [1.54, 1.807) is 12.1 Å². The maximum atomic E-state index is 12.3. The van der Waals surface area contributed by atoms with Crippen LogP contribution in [0.1, 0.15) is 37.3 Å². The lowest BCUT2D eigenvalue weighted by Gasteiger charge is -2.28. The van der Waals surface area contributed by atoms with Crippen molar-refractivity contribution in [3.8, 4) is 6.07 Å². The maximum absolute atomic E-state index is 12.3. The Balaban J connectivity index is 2.15. The molecule has 0 bridgehead atoms. The molecule has 0 aliphatic heterocycles. The highest BCUT2D eigenvalue weighted by Crippen LogP contribution is 2.29. The van der Waals surface area contributed by atoms with Crippen molar-refractivity contribution in [2.24, 2.45) is 5.73 Å². The average molecular weight is 267 g/mol. The molecule has 102 valence electrons. The summed E-state index contributed by atoms with van der Waals surface area (Å²) in [4.78, 5) is 12.3. The van der Waals surface area contributed by atoms with Gasteiger partial charge in [0.15, 0.2) is 0 Å². The third kappa shape index (κ3) is 2.21. The largest absolute Gasteiger partial charge is 0.328 e. The van der Waals surface area contributed by atoms with Gasteiger partial charge >= 0.3 is 0 Å². The molecule has 1 aromatic carbocycles. The van der Waals surface area contributed by atoms with E-state index in [-0.39, 0.29) is 17.6 Å². The summed E-state index contributed by atoms with van der Waals surface area (Å²) in [5.74, 6) is 0. The lowest BCUT2D eigenvalue weighted by molar-refractivity contribution is 0.324. The predicted molar refractivity (Wildman–Crippen MR) is 78.4 cm³/mol. The molecule has 3 rings (SSSR count). The number of fused-ring (bicyclic) bond motifs is 1. The number of benzene rings is 1. The summed E-state index contributed by atoms with van der Waals surface area (Å²) in [6.45, 7) is 0. The van der Waals surface area contributed by atoms with Crippen molar-refractivity contribution < 1.29 is 0 Å². The second-order valence-electron chi connectivity index (χ2n) is 5.50. The first-order chi connectivity index (χ1) is 9.69. The molecule has 1 aliphatic carbocycles. The van der Waals surface area contributed by atoms with E-state index in [1.807, 2.05) is 22.8 Å². The highest BCUT2D eigenvalue weighted by molar-refractivity contribution is 5.80. The molecule has 0 radical (unpaired) electrons. The van der Waals surface area contributed by atoms with Gasteiger partial charge in [-0.3, -0.25) is 4.79 Å². The van der Waals surface area contributed by atoms with Gasteiger partial charge in [-0.15, -0.1) is 0 Å². The molecule has 1 fully saturated rings. The number of nitriles is 1. The molecule has 0 unspecified atom stereocenters. The number of hydrogen-bond donors (Lipinski definition) is 1. The van der Waals surface area contributed by atoms with E-state index in [0.717, 1.165) is 36.6 Å². The van der Waals surface area contributed by atoms with Crippen LogP contribution in [0.15, 0.2) is 35.1 Å². The number of nitrogens with zero attached hydrogens (tertiary/aromatic N) is 2. The fraction of sp³-hybridized carbons (Fsp3) is 0.375. The fourth-order valence-electron chi connectivity index (χ4n) is 3.06. The van der Waals surface area contributed by atoms with Gasteiger partial charge in [-0.25, -0.2) is 0 Å². The summed E-state index contributed by atoms with van der Waals surface area (Å²) in [6, 6.07) is 11.5. The second-order valence-corrected chi connectivity index (χ2v) is 5.50. The maximum Gasteiger partial charge on any atom is 0.251 e.